The van der Waals surface area contributed by atoms with E-state index in [1.165, 1.54) is 0 Å². The molecule has 0 unspecified atom stereocenters. The second kappa shape index (κ2) is 5.63. The number of hydrogen-bond acceptors (Lipinski definition) is 2. The summed E-state index contributed by atoms with van der Waals surface area (Å²) in [4.78, 5) is 1.07. The summed E-state index contributed by atoms with van der Waals surface area (Å²) in [5.41, 5.74) is -0.696. The van der Waals surface area contributed by atoms with Crippen molar-refractivity contribution in [3.63, 3.8) is 0 Å². The Kier molecular flexibility index (Phi) is 3.68. The third-order valence-electron chi connectivity index (χ3n) is 3.68. The highest BCUT2D eigenvalue weighted by Gasteiger charge is 2.32. The van der Waals surface area contributed by atoms with Gasteiger partial charge in [-0.3, -0.25) is 0 Å². The lowest BCUT2D eigenvalue weighted by Crippen LogP contribution is -2.29. The number of benzene rings is 2. The molecule has 0 saturated heterocycles. The minimum Gasteiger partial charge on any atom is -0.469 e. The third kappa shape index (κ3) is 2.41. The van der Waals surface area contributed by atoms with E-state index in [-0.39, 0.29) is 0 Å². The topological polar surface area (TPSA) is 9.23 Å². The predicted molar refractivity (Wildman–Crippen MR) is 89.7 cm³/mol. The van der Waals surface area contributed by atoms with Gasteiger partial charge in [-0.05, 0) is 22.9 Å². The van der Waals surface area contributed by atoms with Crippen LogP contribution in [-0.2, 0) is 5.60 Å². The van der Waals surface area contributed by atoms with Gasteiger partial charge in [-0.25, -0.2) is 0 Å². The maximum absolute atomic E-state index is 6.33. The number of ether oxygens (including phenoxy) is 1. The summed E-state index contributed by atoms with van der Waals surface area (Å²) in [6.45, 7) is 2.06. The van der Waals surface area contributed by atoms with Crippen molar-refractivity contribution in [3.05, 3.63) is 64.9 Å². The van der Waals surface area contributed by atoms with E-state index in [4.69, 9.17) is 11.2 Å². The molecule has 0 aliphatic heterocycles. The standard InChI is InChI=1S/C19H16OS/c1-3-19(4-2,18-13-8-14-21-18)20-17-12-7-10-15-9-5-6-11-16(15)17/h1,5-14H,4H2,2H3/t19-/m0/s1. The number of thiophene rings is 1. The maximum atomic E-state index is 6.33. The number of terminal acetylenes is 1. The zero-order valence-corrected chi connectivity index (χ0v) is 12.7. The van der Waals surface area contributed by atoms with Gasteiger partial charge >= 0.3 is 0 Å². The van der Waals surface area contributed by atoms with Gasteiger partial charge < -0.3 is 4.74 Å². The number of hydrogen-bond donors (Lipinski definition) is 0. The van der Waals surface area contributed by atoms with Gasteiger partial charge in [0.1, 0.15) is 5.75 Å². The minimum absolute atomic E-state index is 0.696. The van der Waals surface area contributed by atoms with Crippen molar-refractivity contribution < 1.29 is 4.74 Å². The summed E-state index contributed by atoms with van der Waals surface area (Å²) in [5, 5.41) is 4.27. The first-order valence-electron chi connectivity index (χ1n) is 6.97. The second-order valence-corrected chi connectivity index (χ2v) is 5.83. The molecule has 2 aromatic carbocycles. The summed E-state index contributed by atoms with van der Waals surface area (Å²) < 4.78 is 6.33. The molecule has 0 saturated carbocycles. The first kappa shape index (κ1) is 13.7. The molecule has 0 amide bonds. The molecule has 104 valence electrons. The molecule has 1 nitrogen and oxygen atoms in total. The fourth-order valence-corrected chi connectivity index (χ4v) is 3.38. The average molecular weight is 292 g/mol. The van der Waals surface area contributed by atoms with E-state index in [1.807, 2.05) is 41.8 Å². The van der Waals surface area contributed by atoms with Gasteiger partial charge in [0.2, 0.25) is 5.60 Å². The zero-order valence-electron chi connectivity index (χ0n) is 11.9. The van der Waals surface area contributed by atoms with Gasteiger partial charge in [0.15, 0.2) is 0 Å². The van der Waals surface area contributed by atoms with E-state index in [2.05, 4.69) is 31.0 Å². The van der Waals surface area contributed by atoms with E-state index in [1.54, 1.807) is 11.3 Å². The van der Waals surface area contributed by atoms with Crippen molar-refractivity contribution >= 4 is 22.1 Å². The van der Waals surface area contributed by atoms with Crippen LogP contribution in [0.4, 0.5) is 0 Å². The lowest BCUT2D eigenvalue weighted by atomic mass is 9.99. The quantitative estimate of drug-likeness (QED) is 0.599. The van der Waals surface area contributed by atoms with Crippen LogP contribution in [0.25, 0.3) is 10.8 Å². The molecular weight excluding hydrogens is 276 g/mol. The Morgan fingerprint density at radius 1 is 1.10 bits per heavy atom. The van der Waals surface area contributed by atoms with Gasteiger partial charge in [-0.1, -0.05) is 55.3 Å². The maximum Gasteiger partial charge on any atom is 0.203 e. The molecule has 1 atom stereocenters. The van der Waals surface area contributed by atoms with E-state index >= 15 is 0 Å². The normalized spacial score (nSPS) is 13.5. The van der Waals surface area contributed by atoms with Crippen molar-refractivity contribution in [2.24, 2.45) is 0 Å². The fraction of sp³-hybridized carbons (Fsp3) is 0.158. The molecule has 0 N–H and O–H groups in total. The molecule has 0 bridgehead atoms. The molecule has 0 radical (unpaired) electrons. The molecule has 3 aromatic rings. The molecule has 0 spiro atoms. The van der Waals surface area contributed by atoms with Crippen molar-refractivity contribution in [3.8, 4) is 18.1 Å². The smallest absolute Gasteiger partial charge is 0.203 e. The molecule has 0 aliphatic carbocycles. The van der Waals surface area contributed by atoms with Crippen LogP contribution in [0.2, 0.25) is 0 Å². The van der Waals surface area contributed by atoms with Crippen LogP contribution in [0.15, 0.2) is 60.0 Å². The van der Waals surface area contributed by atoms with Gasteiger partial charge in [0, 0.05) is 11.8 Å². The van der Waals surface area contributed by atoms with Gasteiger partial charge in [0.25, 0.3) is 0 Å². The van der Waals surface area contributed by atoms with Crippen LogP contribution < -0.4 is 4.74 Å². The molecule has 21 heavy (non-hydrogen) atoms. The zero-order chi connectivity index (χ0) is 14.7. The van der Waals surface area contributed by atoms with Gasteiger partial charge in [-0.2, -0.15) is 0 Å². The monoisotopic (exact) mass is 292 g/mol. The highest BCUT2D eigenvalue weighted by Crippen LogP contribution is 2.36. The second-order valence-electron chi connectivity index (χ2n) is 4.88. The number of fused-ring (bicyclic) bond motifs is 1. The molecule has 1 heterocycles. The Balaban J connectivity index is 2.10. The lowest BCUT2D eigenvalue weighted by Gasteiger charge is -2.28. The minimum atomic E-state index is -0.696. The SMILES string of the molecule is C#C[C@@](CC)(Oc1cccc2ccccc12)c1cccs1. The first-order chi connectivity index (χ1) is 10.3. The molecule has 1 aromatic heterocycles. The lowest BCUT2D eigenvalue weighted by molar-refractivity contribution is 0.132. The molecular formula is C19H16OS. The Hall–Kier alpha value is -2.24. The summed E-state index contributed by atoms with van der Waals surface area (Å²) in [6, 6.07) is 18.3. The highest BCUT2D eigenvalue weighted by molar-refractivity contribution is 7.10. The molecule has 0 aliphatic rings. The van der Waals surface area contributed by atoms with E-state index in [0.717, 1.165) is 27.8 Å². The Morgan fingerprint density at radius 2 is 1.90 bits per heavy atom. The van der Waals surface area contributed by atoms with Gasteiger partial charge in [-0.15, -0.1) is 17.8 Å². The summed E-state index contributed by atoms with van der Waals surface area (Å²) in [5.74, 6) is 3.70. The predicted octanol–water partition coefficient (Wildman–Crippen LogP) is 5.22. The summed E-state index contributed by atoms with van der Waals surface area (Å²) >= 11 is 1.64. The van der Waals surface area contributed by atoms with Crippen LogP contribution in [0, 0.1) is 12.3 Å². The highest BCUT2D eigenvalue weighted by atomic mass is 32.1. The van der Waals surface area contributed by atoms with Crippen LogP contribution in [0.1, 0.15) is 18.2 Å². The molecule has 0 fully saturated rings. The Morgan fingerprint density at radius 3 is 2.62 bits per heavy atom. The van der Waals surface area contributed by atoms with Crippen LogP contribution in [0.3, 0.4) is 0 Å². The Labute approximate surface area is 129 Å². The summed E-state index contributed by atoms with van der Waals surface area (Å²) in [7, 11) is 0. The van der Waals surface area contributed by atoms with Crippen molar-refractivity contribution in [1.29, 1.82) is 0 Å². The van der Waals surface area contributed by atoms with Crippen molar-refractivity contribution in [2.75, 3.05) is 0 Å². The van der Waals surface area contributed by atoms with E-state index in [0.29, 0.717) is 0 Å². The Bertz CT molecular complexity index is 777. The summed E-state index contributed by atoms with van der Waals surface area (Å²) in [6.07, 6.45) is 6.56. The number of rotatable bonds is 4. The van der Waals surface area contributed by atoms with Crippen LogP contribution in [0.5, 0.6) is 5.75 Å². The van der Waals surface area contributed by atoms with E-state index in [9.17, 15) is 0 Å². The van der Waals surface area contributed by atoms with Crippen molar-refractivity contribution in [1.82, 2.24) is 0 Å². The molecule has 3 rings (SSSR count). The van der Waals surface area contributed by atoms with Crippen LogP contribution >= 0.6 is 11.3 Å². The average Bonchev–Trinajstić information content (AvgIpc) is 3.08. The molecule has 2 heteroatoms. The van der Waals surface area contributed by atoms with Crippen LogP contribution in [-0.4, -0.2) is 0 Å². The first-order valence-corrected chi connectivity index (χ1v) is 7.85. The van der Waals surface area contributed by atoms with Gasteiger partial charge in [0.05, 0.1) is 4.88 Å². The third-order valence-corrected chi connectivity index (χ3v) is 4.70. The van der Waals surface area contributed by atoms with E-state index < -0.39 is 5.60 Å². The fourth-order valence-electron chi connectivity index (χ4n) is 2.48. The largest absolute Gasteiger partial charge is 0.469 e. The van der Waals surface area contributed by atoms with Crippen molar-refractivity contribution in [2.45, 2.75) is 18.9 Å².